The molecule has 2 aromatic rings. The SMILES string of the molecule is CC(C)(C)c1ccc(NC(=O)Cc2nc(CCl)cs2)cc1. The number of halogens is 1. The first-order chi connectivity index (χ1) is 9.88. The largest absolute Gasteiger partial charge is 0.326 e. The number of alkyl halides is 1. The topological polar surface area (TPSA) is 42.0 Å². The van der Waals surface area contributed by atoms with E-state index in [1.165, 1.54) is 16.9 Å². The number of nitrogens with zero attached hydrogens (tertiary/aromatic N) is 1. The minimum atomic E-state index is -0.0611. The van der Waals surface area contributed by atoms with Crippen LogP contribution in [0.3, 0.4) is 0 Å². The summed E-state index contributed by atoms with van der Waals surface area (Å²) in [5, 5.41) is 5.56. The van der Waals surface area contributed by atoms with Crippen LogP contribution in [0.15, 0.2) is 29.6 Å². The summed E-state index contributed by atoms with van der Waals surface area (Å²) in [4.78, 5) is 16.3. The highest BCUT2D eigenvalue weighted by Crippen LogP contribution is 2.23. The molecule has 0 radical (unpaired) electrons. The highest BCUT2D eigenvalue weighted by Gasteiger charge is 2.13. The van der Waals surface area contributed by atoms with Crippen LogP contribution in [0, 0.1) is 0 Å². The number of anilines is 1. The zero-order valence-corrected chi connectivity index (χ0v) is 14.0. The van der Waals surface area contributed by atoms with Gasteiger partial charge in [-0.3, -0.25) is 4.79 Å². The van der Waals surface area contributed by atoms with Gasteiger partial charge >= 0.3 is 0 Å². The van der Waals surface area contributed by atoms with E-state index in [1.54, 1.807) is 0 Å². The Balaban J connectivity index is 1.96. The van der Waals surface area contributed by atoms with E-state index in [0.717, 1.165) is 16.4 Å². The fourth-order valence-corrected chi connectivity index (χ4v) is 2.91. The van der Waals surface area contributed by atoms with Gasteiger partial charge in [0.15, 0.2) is 0 Å². The molecule has 1 heterocycles. The van der Waals surface area contributed by atoms with Crippen molar-refractivity contribution < 1.29 is 4.79 Å². The van der Waals surface area contributed by atoms with Gasteiger partial charge in [-0.25, -0.2) is 4.98 Å². The summed E-state index contributed by atoms with van der Waals surface area (Å²) in [5.41, 5.74) is 2.98. The number of thiazole rings is 1. The number of amides is 1. The molecule has 0 aliphatic carbocycles. The van der Waals surface area contributed by atoms with Gasteiger partial charge in [-0.05, 0) is 23.1 Å². The van der Waals surface area contributed by atoms with Crippen LogP contribution in [0.25, 0.3) is 0 Å². The van der Waals surface area contributed by atoms with E-state index in [0.29, 0.717) is 5.88 Å². The van der Waals surface area contributed by atoms with Crippen LogP contribution in [-0.2, 0) is 22.5 Å². The molecule has 2 rings (SSSR count). The van der Waals surface area contributed by atoms with Crippen molar-refractivity contribution in [3.05, 3.63) is 45.9 Å². The van der Waals surface area contributed by atoms with Gasteiger partial charge in [0.1, 0.15) is 5.01 Å². The van der Waals surface area contributed by atoms with Gasteiger partial charge in [0, 0.05) is 11.1 Å². The molecule has 1 amide bonds. The molecule has 0 aliphatic rings. The zero-order chi connectivity index (χ0) is 15.5. The van der Waals surface area contributed by atoms with Crippen LogP contribution in [0.5, 0.6) is 0 Å². The number of hydrogen-bond donors (Lipinski definition) is 1. The van der Waals surface area contributed by atoms with Gasteiger partial charge in [0.2, 0.25) is 5.91 Å². The fourth-order valence-electron chi connectivity index (χ4n) is 1.89. The molecule has 21 heavy (non-hydrogen) atoms. The zero-order valence-electron chi connectivity index (χ0n) is 12.4. The van der Waals surface area contributed by atoms with Crippen LogP contribution >= 0.6 is 22.9 Å². The summed E-state index contributed by atoms with van der Waals surface area (Å²) in [6, 6.07) is 7.96. The van der Waals surface area contributed by atoms with Crippen molar-refractivity contribution in [2.24, 2.45) is 0 Å². The molecule has 5 heteroatoms. The Morgan fingerprint density at radius 1 is 1.29 bits per heavy atom. The summed E-state index contributed by atoms with van der Waals surface area (Å²) < 4.78 is 0. The van der Waals surface area contributed by atoms with Crippen LogP contribution in [-0.4, -0.2) is 10.9 Å². The quantitative estimate of drug-likeness (QED) is 0.850. The first-order valence-electron chi connectivity index (χ1n) is 6.78. The number of hydrogen-bond acceptors (Lipinski definition) is 3. The molecule has 112 valence electrons. The van der Waals surface area contributed by atoms with Crippen molar-refractivity contribution in [3.63, 3.8) is 0 Å². The smallest absolute Gasteiger partial charge is 0.231 e. The molecule has 1 aromatic heterocycles. The van der Waals surface area contributed by atoms with E-state index in [2.05, 4.69) is 31.1 Å². The van der Waals surface area contributed by atoms with E-state index >= 15 is 0 Å². The Hall–Kier alpha value is -1.39. The molecule has 1 N–H and O–H groups in total. The predicted molar refractivity (Wildman–Crippen MR) is 89.1 cm³/mol. The summed E-state index contributed by atoms with van der Waals surface area (Å²) in [6.45, 7) is 6.49. The van der Waals surface area contributed by atoms with Gasteiger partial charge in [-0.15, -0.1) is 22.9 Å². The summed E-state index contributed by atoms with van der Waals surface area (Å²) >= 11 is 7.16. The van der Waals surface area contributed by atoms with Crippen molar-refractivity contribution in [2.45, 2.75) is 38.5 Å². The molecular weight excluding hydrogens is 304 g/mol. The highest BCUT2D eigenvalue weighted by atomic mass is 35.5. The van der Waals surface area contributed by atoms with Crippen molar-refractivity contribution >= 4 is 34.5 Å². The molecule has 0 fully saturated rings. The van der Waals surface area contributed by atoms with Crippen LogP contribution in [0.4, 0.5) is 5.69 Å². The van der Waals surface area contributed by atoms with Gasteiger partial charge < -0.3 is 5.32 Å². The molecule has 0 aliphatic heterocycles. The monoisotopic (exact) mass is 322 g/mol. The minimum absolute atomic E-state index is 0.0611. The van der Waals surface area contributed by atoms with Crippen molar-refractivity contribution in [2.75, 3.05) is 5.32 Å². The van der Waals surface area contributed by atoms with E-state index in [1.807, 2.05) is 29.6 Å². The Kier molecular flexibility index (Phi) is 5.01. The number of nitrogens with one attached hydrogen (secondary N) is 1. The lowest BCUT2D eigenvalue weighted by Crippen LogP contribution is -2.15. The number of rotatable bonds is 4. The Morgan fingerprint density at radius 2 is 1.95 bits per heavy atom. The Morgan fingerprint density at radius 3 is 2.48 bits per heavy atom. The average molecular weight is 323 g/mol. The van der Waals surface area contributed by atoms with Crippen molar-refractivity contribution in [1.82, 2.24) is 4.98 Å². The minimum Gasteiger partial charge on any atom is -0.326 e. The third-order valence-corrected chi connectivity index (χ3v) is 4.25. The normalized spacial score (nSPS) is 11.4. The maximum atomic E-state index is 12.0. The molecule has 3 nitrogen and oxygen atoms in total. The van der Waals surface area contributed by atoms with E-state index in [4.69, 9.17) is 11.6 Å². The lowest BCUT2D eigenvalue weighted by atomic mass is 9.87. The second-order valence-electron chi connectivity index (χ2n) is 5.92. The lowest BCUT2D eigenvalue weighted by molar-refractivity contribution is -0.115. The van der Waals surface area contributed by atoms with Crippen molar-refractivity contribution in [1.29, 1.82) is 0 Å². The molecule has 0 atom stereocenters. The summed E-state index contributed by atoms with van der Waals surface area (Å²) in [7, 11) is 0. The van der Waals surface area contributed by atoms with E-state index in [9.17, 15) is 4.79 Å². The van der Waals surface area contributed by atoms with Crippen LogP contribution in [0.2, 0.25) is 0 Å². The molecular formula is C16H19ClN2OS. The highest BCUT2D eigenvalue weighted by molar-refractivity contribution is 7.09. The Bertz CT molecular complexity index is 614. The van der Waals surface area contributed by atoms with Crippen molar-refractivity contribution in [3.8, 4) is 0 Å². The van der Waals surface area contributed by atoms with E-state index < -0.39 is 0 Å². The molecule has 0 spiro atoms. The number of carbonyl (C=O) groups is 1. The predicted octanol–water partition coefficient (Wildman–Crippen LogP) is 4.36. The molecule has 0 bridgehead atoms. The molecule has 0 unspecified atom stereocenters. The third kappa shape index (κ3) is 4.55. The molecule has 1 aromatic carbocycles. The first kappa shape index (κ1) is 16.0. The summed E-state index contributed by atoms with van der Waals surface area (Å²) in [5.74, 6) is 0.320. The number of benzene rings is 1. The fraction of sp³-hybridized carbons (Fsp3) is 0.375. The first-order valence-corrected chi connectivity index (χ1v) is 8.19. The third-order valence-electron chi connectivity index (χ3n) is 3.08. The maximum Gasteiger partial charge on any atom is 0.231 e. The van der Waals surface area contributed by atoms with E-state index in [-0.39, 0.29) is 17.7 Å². The lowest BCUT2D eigenvalue weighted by Gasteiger charge is -2.19. The van der Waals surface area contributed by atoms with Gasteiger partial charge in [0.05, 0.1) is 18.0 Å². The van der Waals surface area contributed by atoms with Gasteiger partial charge in [-0.1, -0.05) is 32.9 Å². The van der Waals surface area contributed by atoms with Crippen LogP contribution in [0.1, 0.15) is 37.0 Å². The maximum absolute atomic E-state index is 12.0. The average Bonchev–Trinajstić information content (AvgIpc) is 2.85. The molecule has 0 saturated heterocycles. The summed E-state index contributed by atoms with van der Waals surface area (Å²) in [6.07, 6.45) is 0.280. The Labute approximate surface area is 134 Å². The number of aromatic nitrogens is 1. The molecule has 0 saturated carbocycles. The second-order valence-corrected chi connectivity index (χ2v) is 7.13. The van der Waals surface area contributed by atoms with Crippen LogP contribution < -0.4 is 5.32 Å². The van der Waals surface area contributed by atoms with Gasteiger partial charge in [-0.2, -0.15) is 0 Å². The standard InChI is InChI=1S/C16H19ClN2OS/c1-16(2,3)11-4-6-12(7-5-11)18-14(20)8-15-19-13(9-17)10-21-15/h4-7,10H,8-9H2,1-3H3,(H,18,20). The van der Waals surface area contributed by atoms with Gasteiger partial charge in [0.25, 0.3) is 0 Å². The number of carbonyl (C=O) groups excluding carboxylic acids is 1. The second kappa shape index (κ2) is 6.58.